The van der Waals surface area contributed by atoms with Crippen LogP contribution in [0.3, 0.4) is 0 Å². The first kappa shape index (κ1) is 21.8. The van der Waals surface area contributed by atoms with Crippen LogP contribution in [-0.2, 0) is 22.4 Å². The zero-order valence-electron chi connectivity index (χ0n) is 18.2. The molecular weight excluding hydrogens is 412 g/mol. The number of aryl methyl sites for hydroxylation is 2. The summed E-state index contributed by atoms with van der Waals surface area (Å²) in [6.07, 6.45) is 6.34. The van der Waals surface area contributed by atoms with Crippen molar-refractivity contribution in [3.63, 3.8) is 0 Å². The molecule has 0 aromatic carbocycles. The van der Waals surface area contributed by atoms with Crippen molar-refractivity contribution in [2.45, 2.75) is 32.9 Å². The first-order valence-electron chi connectivity index (χ1n) is 10.4. The maximum Gasteiger partial charge on any atom is 0.187 e. The highest BCUT2D eigenvalue weighted by Gasteiger charge is 2.24. The number of aromatic nitrogens is 4. The van der Waals surface area contributed by atoms with Crippen LogP contribution in [0.5, 0.6) is 0 Å². The number of methoxy groups -OCH3 is 1. The molecule has 1 aliphatic heterocycles. The number of rotatable bonds is 8. The molecule has 1 atom stereocenters. The molecule has 0 bridgehead atoms. The van der Waals surface area contributed by atoms with E-state index in [0.29, 0.717) is 13.2 Å². The zero-order valence-corrected chi connectivity index (χ0v) is 19.0. The summed E-state index contributed by atoms with van der Waals surface area (Å²) >= 11 is 1.64. The largest absolute Gasteiger partial charge is 0.384 e. The van der Waals surface area contributed by atoms with Crippen molar-refractivity contribution in [1.29, 1.82) is 0 Å². The molecule has 1 aliphatic rings. The Morgan fingerprint density at radius 2 is 2.03 bits per heavy atom. The molecular formula is C22H28N6O2S. The van der Waals surface area contributed by atoms with Crippen molar-refractivity contribution in [1.82, 2.24) is 24.8 Å². The van der Waals surface area contributed by atoms with Crippen LogP contribution >= 0.6 is 11.3 Å². The number of hydrogen-bond donors (Lipinski definition) is 1. The summed E-state index contributed by atoms with van der Waals surface area (Å²) in [6.45, 7) is 7.79. The van der Waals surface area contributed by atoms with Gasteiger partial charge in [0.1, 0.15) is 11.9 Å². The lowest BCUT2D eigenvalue weighted by molar-refractivity contribution is -0.0350. The van der Waals surface area contributed by atoms with Crippen molar-refractivity contribution >= 4 is 22.2 Å². The van der Waals surface area contributed by atoms with Crippen molar-refractivity contribution in [2.24, 2.45) is 0 Å². The van der Waals surface area contributed by atoms with Gasteiger partial charge < -0.3 is 14.8 Å². The van der Waals surface area contributed by atoms with Crippen LogP contribution in [0.1, 0.15) is 33.8 Å². The predicted octanol–water partition coefficient (Wildman–Crippen LogP) is 3.45. The van der Waals surface area contributed by atoms with Crippen LogP contribution in [0.15, 0.2) is 30.7 Å². The van der Waals surface area contributed by atoms with E-state index in [4.69, 9.17) is 14.5 Å². The fraction of sp³-hybridized carbons (Fsp3) is 0.455. The molecule has 31 heavy (non-hydrogen) atoms. The minimum absolute atomic E-state index is 0.0749. The average Bonchev–Trinajstić information content (AvgIpc) is 3.17. The quantitative estimate of drug-likeness (QED) is 0.570. The van der Waals surface area contributed by atoms with E-state index >= 15 is 0 Å². The van der Waals surface area contributed by atoms with Gasteiger partial charge in [-0.25, -0.2) is 15.0 Å². The number of thiazole rings is 1. The van der Waals surface area contributed by atoms with Gasteiger partial charge in [-0.1, -0.05) is 0 Å². The maximum absolute atomic E-state index is 6.07. The predicted molar refractivity (Wildman–Crippen MR) is 121 cm³/mol. The molecule has 1 saturated heterocycles. The lowest BCUT2D eigenvalue weighted by atomic mass is 10.1. The van der Waals surface area contributed by atoms with Crippen LogP contribution in [0, 0.1) is 13.8 Å². The normalized spacial score (nSPS) is 17.1. The highest BCUT2D eigenvalue weighted by Crippen LogP contribution is 2.27. The number of morpholine rings is 1. The summed E-state index contributed by atoms with van der Waals surface area (Å²) in [4.78, 5) is 21.6. The van der Waals surface area contributed by atoms with E-state index in [9.17, 15) is 0 Å². The lowest BCUT2D eigenvalue weighted by Gasteiger charge is -2.32. The van der Waals surface area contributed by atoms with Gasteiger partial charge in [0.05, 0.1) is 18.9 Å². The number of anilines is 2. The Kier molecular flexibility index (Phi) is 7.18. The standard InChI is InChI=1S/C22H28N6O2S/c1-15-8-18(27-22-25-10-16(2)31-22)9-19(26-15)20-14-28(5-7-30-20)13-17-11-23-21(24-12-17)4-6-29-3/h8-12,20H,4-7,13-14H2,1-3H3,(H,25,26,27). The van der Waals surface area contributed by atoms with E-state index in [1.54, 1.807) is 18.4 Å². The lowest BCUT2D eigenvalue weighted by Crippen LogP contribution is -2.38. The number of nitrogens with zero attached hydrogens (tertiary/aromatic N) is 5. The Bertz CT molecular complexity index is 994. The van der Waals surface area contributed by atoms with E-state index in [1.807, 2.05) is 31.6 Å². The van der Waals surface area contributed by atoms with Crippen molar-refractivity contribution in [3.05, 3.63) is 58.4 Å². The maximum atomic E-state index is 6.07. The molecule has 4 rings (SSSR count). The van der Waals surface area contributed by atoms with Crippen molar-refractivity contribution < 1.29 is 9.47 Å². The highest BCUT2D eigenvalue weighted by atomic mass is 32.1. The molecule has 3 aromatic rings. The summed E-state index contributed by atoms with van der Waals surface area (Å²) in [6, 6.07) is 4.09. The second-order valence-corrected chi connectivity index (χ2v) is 8.90. The fourth-order valence-corrected chi connectivity index (χ4v) is 4.22. The SMILES string of the molecule is COCCc1ncc(CN2CCOC(c3cc(Nc4ncc(C)s4)cc(C)n3)C2)cn1. The van der Waals surface area contributed by atoms with Crippen molar-refractivity contribution in [2.75, 3.05) is 38.7 Å². The molecule has 1 N–H and O–H groups in total. The molecule has 1 unspecified atom stereocenters. The van der Waals surface area contributed by atoms with E-state index < -0.39 is 0 Å². The van der Waals surface area contributed by atoms with Gasteiger partial charge in [0.15, 0.2) is 5.13 Å². The molecule has 3 aromatic heterocycles. The molecule has 0 aliphatic carbocycles. The number of pyridine rings is 1. The summed E-state index contributed by atoms with van der Waals surface area (Å²) in [5.74, 6) is 0.810. The third-order valence-electron chi connectivity index (χ3n) is 5.02. The minimum atomic E-state index is -0.0749. The Morgan fingerprint density at radius 3 is 2.77 bits per heavy atom. The van der Waals surface area contributed by atoms with Gasteiger partial charge in [-0.2, -0.15) is 0 Å². The topological polar surface area (TPSA) is 85.3 Å². The molecule has 164 valence electrons. The summed E-state index contributed by atoms with van der Waals surface area (Å²) in [5.41, 5.74) is 3.97. The van der Waals surface area contributed by atoms with Gasteiger partial charge in [-0.15, -0.1) is 11.3 Å². The Hall–Kier alpha value is -2.46. The van der Waals surface area contributed by atoms with E-state index in [-0.39, 0.29) is 6.10 Å². The number of ether oxygens (including phenoxy) is 2. The molecule has 9 heteroatoms. The van der Waals surface area contributed by atoms with Gasteiger partial charge >= 0.3 is 0 Å². The second kappa shape index (κ2) is 10.2. The smallest absolute Gasteiger partial charge is 0.187 e. The molecule has 0 amide bonds. The minimum Gasteiger partial charge on any atom is -0.384 e. The highest BCUT2D eigenvalue weighted by molar-refractivity contribution is 7.15. The van der Waals surface area contributed by atoms with Crippen molar-refractivity contribution in [3.8, 4) is 0 Å². The van der Waals surface area contributed by atoms with E-state index in [2.05, 4.69) is 38.2 Å². The molecule has 1 fully saturated rings. The molecule has 0 saturated carbocycles. The third kappa shape index (κ3) is 6.04. The summed E-state index contributed by atoms with van der Waals surface area (Å²) in [7, 11) is 1.69. The van der Waals surface area contributed by atoms with E-state index in [0.717, 1.165) is 59.6 Å². The average molecular weight is 441 g/mol. The van der Waals surface area contributed by atoms with E-state index in [1.165, 1.54) is 4.88 Å². The molecule has 4 heterocycles. The molecule has 0 spiro atoms. The second-order valence-electron chi connectivity index (χ2n) is 7.67. The fourth-order valence-electron chi connectivity index (χ4n) is 3.54. The van der Waals surface area contributed by atoms with Gasteiger partial charge in [-0.05, 0) is 26.0 Å². The van der Waals surface area contributed by atoms with Gasteiger partial charge in [0.2, 0.25) is 0 Å². The molecule has 0 radical (unpaired) electrons. The Balaban J connectivity index is 1.41. The van der Waals surface area contributed by atoms with Crippen LogP contribution in [0.25, 0.3) is 0 Å². The molecule has 8 nitrogen and oxygen atoms in total. The van der Waals surface area contributed by atoms with Gasteiger partial charge in [-0.3, -0.25) is 9.88 Å². The number of hydrogen-bond acceptors (Lipinski definition) is 9. The third-order valence-corrected chi connectivity index (χ3v) is 5.85. The summed E-state index contributed by atoms with van der Waals surface area (Å²) in [5, 5.41) is 4.27. The van der Waals surface area contributed by atoms with Crippen LogP contribution < -0.4 is 5.32 Å². The monoisotopic (exact) mass is 440 g/mol. The number of nitrogens with one attached hydrogen (secondary N) is 1. The first-order valence-corrected chi connectivity index (χ1v) is 11.2. The summed E-state index contributed by atoms with van der Waals surface area (Å²) < 4.78 is 11.2. The van der Waals surface area contributed by atoms with Crippen LogP contribution in [0.4, 0.5) is 10.8 Å². The Morgan fingerprint density at radius 1 is 1.19 bits per heavy atom. The van der Waals surface area contributed by atoms with Crippen LogP contribution in [0.2, 0.25) is 0 Å². The van der Waals surface area contributed by atoms with Gasteiger partial charge in [0.25, 0.3) is 0 Å². The van der Waals surface area contributed by atoms with Gasteiger partial charge in [0, 0.05) is 73.6 Å². The Labute approximate surface area is 186 Å². The zero-order chi connectivity index (χ0) is 21.6. The van der Waals surface area contributed by atoms with Crippen LogP contribution in [-0.4, -0.2) is 58.2 Å². The first-order chi connectivity index (χ1) is 15.1.